The molecule has 0 aliphatic heterocycles. The smallest absolute Gasteiger partial charge is 0.219 e. The van der Waals surface area contributed by atoms with Crippen LogP contribution in [0.1, 0.15) is 5.56 Å². The summed E-state index contributed by atoms with van der Waals surface area (Å²) in [6.45, 7) is 0. The molecule has 1 aromatic heterocycles. The Morgan fingerprint density at radius 1 is 1.06 bits per heavy atom. The first kappa shape index (κ1) is 12.2. The van der Waals surface area contributed by atoms with Gasteiger partial charge >= 0.3 is 0 Å². The van der Waals surface area contributed by atoms with Crippen molar-refractivity contribution in [3.8, 4) is 11.6 Å². The summed E-state index contributed by atoms with van der Waals surface area (Å²) in [5.41, 5.74) is 1.10. The lowest BCUT2D eigenvalue weighted by molar-refractivity contribution is 0.462. The van der Waals surface area contributed by atoms with Crippen molar-refractivity contribution in [3.63, 3.8) is 0 Å². The minimum atomic E-state index is 0.561. The van der Waals surface area contributed by atoms with Crippen LogP contribution in [0.4, 0.5) is 0 Å². The largest absolute Gasteiger partial charge is 0.439 e. The number of aryl methyl sites for hydroxylation is 1. The molecule has 0 saturated heterocycles. The molecule has 0 fully saturated rings. The molecule has 0 amide bonds. The molecule has 2 rings (SSSR count). The lowest BCUT2D eigenvalue weighted by atomic mass is 10.2. The Balaban J connectivity index is 2.05. The molecule has 1 aromatic carbocycles. The third kappa shape index (κ3) is 3.62. The van der Waals surface area contributed by atoms with Gasteiger partial charge in [0, 0.05) is 23.2 Å². The fourth-order valence-corrected chi connectivity index (χ4v) is 1.70. The predicted octanol–water partition coefficient (Wildman–Crippen LogP) is 4.31. The third-order valence-electron chi connectivity index (χ3n) is 2.22. The van der Waals surface area contributed by atoms with Crippen LogP contribution >= 0.6 is 23.2 Å². The van der Waals surface area contributed by atoms with Crippen molar-refractivity contribution in [1.29, 1.82) is 0 Å². The molecule has 0 atom stereocenters. The zero-order valence-electron chi connectivity index (χ0n) is 9.07. The van der Waals surface area contributed by atoms with E-state index in [1.165, 1.54) is 0 Å². The Hall–Kier alpha value is -1.25. The predicted molar refractivity (Wildman–Crippen MR) is 70.2 cm³/mol. The van der Waals surface area contributed by atoms with Crippen molar-refractivity contribution >= 4 is 23.2 Å². The molecule has 2 aromatic rings. The van der Waals surface area contributed by atoms with Crippen LogP contribution in [0.25, 0.3) is 0 Å². The lowest BCUT2D eigenvalue weighted by Crippen LogP contribution is -1.91. The molecule has 0 spiro atoms. The topological polar surface area (TPSA) is 22.1 Å². The standard InChI is InChI=1S/C13H11Cl2NO/c14-8-7-10-1-6-13(16-9-10)17-12-4-2-11(15)3-5-12/h1-6,9H,7-8H2. The van der Waals surface area contributed by atoms with Gasteiger partial charge in [-0.2, -0.15) is 0 Å². The van der Waals surface area contributed by atoms with Crippen LogP contribution in [-0.2, 0) is 6.42 Å². The maximum absolute atomic E-state index is 5.79. The average Bonchev–Trinajstić information content (AvgIpc) is 2.35. The second-order valence-corrected chi connectivity index (χ2v) is 4.31. The van der Waals surface area contributed by atoms with Crippen LogP contribution in [0.2, 0.25) is 5.02 Å². The minimum Gasteiger partial charge on any atom is -0.439 e. The second-order valence-electron chi connectivity index (χ2n) is 3.50. The number of halogens is 2. The third-order valence-corrected chi connectivity index (χ3v) is 2.66. The van der Waals surface area contributed by atoms with Gasteiger partial charge in [-0.25, -0.2) is 4.98 Å². The molecule has 0 unspecified atom stereocenters. The maximum atomic E-state index is 5.79. The van der Waals surface area contributed by atoms with Gasteiger partial charge in [0.05, 0.1) is 0 Å². The zero-order chi connectivity index (χ0) is 12.1. The van der Waals surface area contributed by atoms with Crippen molar-refractivity contribution in [2.45, 2.75) is 6.42 Å². The summed E-state index contributed by atoms with van der Waals surface area (Å²) in [5, 5.41) is 0.683. The van der Waals surface area contributed by atoms with Crippen LogP contribution in [0.15, 0.2) is 42.6 Å². The Morgan fingerprint density at radius 2 is 1.82 bits per heavy atom. The van der Waals surface area contributed by atoms with Gasteiger partial charge in [0.2, 0.25) is 5.88 Å². The normalized spacial score (nSPS) is 10.2. The van der Waals surface area contributed by atoms with E-state index in [9.17, 15) is 0 Å². The first-order valence-corrected chi connectivity index (χ1v) is 6.13. The number of alkyl halides is 1. The monoisotopic (exact) mass is 267 g/mol. The van der Waals surface area contributed by atoms with E-state index in [1.807, 2.05) is 12.1 Å². The molecular formula is C13H11Cl2NO. The van der Waals surface area contributed by atoms with Crippen molar-refractivity contribution < 1.29 is 4.74 Å². The Morgan fingerprint density at radius 3 is 2.41 bits per heavy atom. The number of aromatic nitrogens is 1. The van der Waals surface area contributed by atoms with E-state index in [0.29, 0.717) is 22.5 Å². The number of nitrogens with zero attached hydrogens (tertiary/aromatic N) is 1. The van der Waals surface area contributed by atoms with Crippen molar-refractivity contribution in [2.24, 2.45) is 0 Å². The molecule has 0 bridgehead atoms. The van der Waals surface area contributed by atoms with Crippen molar-refractivity contribution in [3.05, 3.63) is 53.2 Å². The van der Waals surface area contributed by atoms with Gasteiger partial charge < -0.3 is 4.74 Å². The molecule has 0 saturated carbocycles. The van der Waals surface area contributed by atoms with Crippen molar-refractivity contribution in [2.75, 3.05) is 5.88 Å². The van der Waals surface area contributed by atoms with E-state index < -0.39 is 0 Å². The highest BCUT2D eigenvalue weighted by Gasteiger charge is 1.99. The lowest BCUT2D eigenvalue weighted by Gasteiger charge is -2.05. The van der Waals surface area contributed by atoms with Crippen LogP contribution in [0.3, 0.4) is 0 Å². The number of hydrogen-bond acceptors (Lipinski definition) is 2. The van der Waals surface area contributed by atoms with Gasteiger partial charge in [-0.1, -0.05) is 17.7 Å². The minimum absolute atomic E-state index is 0.561. The number of hydrogen-bond donors (Lipinski definition) is 0. The molecule has 1 heterocycles. The highest BCUT2D eigenvalue weighted by atomic mass is 35.5. The molecule has 88 valence electrons. The average molecular weight is 268 g/mol. The summed E-state index contributed by atoms with van der Waals surface area (Å²) < 4.78 is 5.56. The number of ether oxygens (including phenoxy) is 1. The van der Waals surface area contributed by atoms with Gasteiger partial charge in [-0.05, 0) is 36.2 Å². The molecule has 0 aliphatic carbocycles. The summed E-state index contributed by atoms with van der Waals surface area (Å²) in [6, 6.07) is 10.9. The first-order valence-electron chi connectivity index (χ1n) is 5.22. The molecule has 0 radical (unpaired) electrons. The maximum Gasteiger partial charge on any atom is 0.219 e. The van der Waals surface area contributed by atoms with Gasteiger partial charge in [0.25, 0.3) is 0 Å². The van der Waals surface area contributed by atoms with E-state index >= 15 is 0 Å². The molecule has 0 N–H and O–H groups in total. The van der Waals surface area contributed by atoms with E-state index in [1.54, 1.807) is 30.5 Å². The summed E-state index contributed by atoms with van der Waals surface area (Å²) >= 11 is 11.4. The molecular weight excluding hydrogens is 257 g/mol. The Bertz CT molecular complexity index is 468. The highest BCUT2D eigenvalue weighted by molar-refractivity contribution is 6.30. The summed E-state index contributed by atoms with van der Waals surface area (Å²) in [5.74, 6) is 1.87. The van der Waals surface area contributed by atoms with E-state index in [4.69, 9.17) is 27.9 Å². The number of pyridine rings is 1. The summed E-state index contributed by atoms with van der Waals surface area (Å²) in [4.78, 5) is 4.20. The van der Waals surface area contributed by atoms with E-state index in [0.717, 1.165) is 12.0 Å². The Kier molecular flexibility index (Phi) is 4.24. The molecule has 4 heteroatoms. The van der Waals surface area contributed by atoms with Crippen LogP contribution in [-0.4, -0.2) is 10.9 Å². The second kappa shape index (κ2) is 5.89. The number of benzene rings is 1. The highest BCUT2D eigenvalue weighted by Crippen LogP contribution is 2.21. The first-order chi connectivity index (χ1) is 8.28. The SMILES string of the molecule is ClCCc1ccc(Oc2ccc(Cl)cc2)nc1. The van der Waals surface area contributed by atoms with Gasteiger partial charge in [0.15, 0.2) is 0 Å². The quantitative estimate of drug-likeness (QED) is 0.771. The van der Waals surface area contributed by atoms with E-state index in [2.05, 4.69) is 4.98 Å². The van der Waals surface area contributed by atoms with Crippen LogP contribution in [0, 0.1) is 0 Å². The summed E-state index contributed by atoms with van der Waals surface area (Å²) in [6.07, 6.45) is 2.59. The fraction of sp³-hybridized carbons (Fsp3) is 0.154. The fourth-order valence-electron chi connectivity index (χ4n) is 1.35. The van der Waals surface area contributed by atoms with Crippen molar-refractivity contribution in [1.82, 2.24) is 4.98 Å². The zero-order valence-corrected chi connectivity index (χ0v) is 10.6. The van der Waals surface area contributed by atoms with Crippen LogP contribution in [0.5, 0.6) is 11.6 Å². The number of rotatable bonds is 4. The van der Waals surface area contributed by atoms with Gasteiger partial charge in [0.1, 0.15) is 5.75 Å². The summed E-state index contributed by atoms with van der Waals surface area (Å²) in [7, 11) is 0. The van der Waals surface area contributed by atoms with Gasteiger partial charge in [-0.3, -0.25) is 0 Å². The van der Waals surface area contributed by atoms with Gasteiger partial charge in [-0.15, -0.1) is 11.6 Å². The molecule has 2 nitrogen and oxygen atoms in total. The van der Waals surface area contributed by atoms with Crippen LogP contribution < -0.4 is 4.74 Å². The Labute approximate surface area is 110 Å². The van der Waals surface area contributed by atoms with E-state index in [-0.39, 0.29) is 0 Å². The molecule has 17 heavy (non-hydrogen) atoms. The molecule has 0 aliphatic rings.